The molecule has 0 unspecified atom stereocenters. The number of methoxy groups -OCH3 is 1. The minimum atomic E-state index is -0.310. The number of carbonyl (C=O) groups is 2. The predicted molar refractivity (Wildman–Crippen MR) is 111 cm³/mol. The molecule has 1 N–H and O–H groups in total. The van der Waals surface area contributed by atoms with E-state index in [1.807, 2.05) is 41.3 Å². The molecule has 7 heteroatoms. The standard InChI is InChI=1S/C22H27N3O4/c1-3-29-21(26)17-8-10-19(11-9-17)24-12-14-25(15-13-24)22(27)23-16-18-6-4-5-7-20(18)28-2/h4-11H,3,12-16H2,1-2H3,(H,23,27). The maximum absolute atomic E-state index is 12.5. The maximum atomic E-state index is 12.5. The van der Waals surface area contributed by atoms with Crippen molar-refractivity contribution in [2.45, 2.75) is 13.5 Å². The number of para-hydroxylation sites is 1. The van der Waals surface area contributed by atoms with E-state index in [-0.39, 0.29) is 12.0 Å². The molecule has 2 aromatic carbocycles. The summed E-state index contributed by atoms with van der Waals surface area (Å²) in [5.74, 6) is 0.458. The van der Waals surface area contributed by atoms with Crippen molar-refractivity contribution in [3.05, 3.63) is 59.7 Å². The van der Waals surface area contributed by atoms with Gasteiger partial charge in [0.1, 0.15) is 5.75 Å². The van der Waals surface area contributed by atoms with E-state index in [2.05, 4.69) is 10.2 Å². The van der Waals surface area contributed by atoms with E-state index in [9.17, 15) is 9.59 Å². The number of amides is 2. The van der Waals surface area contributed by atoms with Crippen LogP contribution >= 0.6 is 0 Å². The fourth-order valence-corrected chi connectivity index (χ4v) is 3.32. The molecule has 0 bridgehead atoms. The first-order valence-corrected chi connectivity index (χ1v) is 9.79. The molecule has 0 saturated carbocycles. The van der Waals surface area contributed by atoms with Crippen LogP contribution in [0.2, 0.25) is 0 Å². The molecule has 1 fully saturated rings. The second kappa shape index (κ2) is 9.82. The molecule has 7 nitrogen and oxygen atoms in total. The van der Waals surface area contributed by atoms with Crippen LogP contribution in [0.25, 0.3) is 0 Å². The molecule has 2 aromatic rings. The van der Waals surface area contributed by atoms with Gasteiger partial charge in [-0.15, -0.1) is 0 Å². The lowest BCUT2D eigenvalue weighted by molar-refractivity contribution is 0.0526. The number of hydrogen-bond acceptors (Lipinski definition) is 5. The minimum Gasteiger partial charge on any atom is -0.496 e. The number of esters is 1. The van der Waals surface area contributed by atoms with Gasteiger partial charge in [0.05, 0.1) is 19.3 Å². The van der Waals surface area contributed by atoms with Crippen molar-refractivity contribution in [2.24, 2.45) is 0 Å². The summed E-state index contributed by atoms with van der Waals surface area (Å²) in [5, 5.41) is 2.97. The topological polar surface area (TPSA) is 71.1 Å². The number of nitrogens with one attached hydrogen (secondary N) is 1. The number of benzene rings is 2. The van der Waals surface area contributed by atoms with Gasteiger partial charge in [0.25, 0.3) is 0 Å². The number of anilines is 1. The molecule has 1 heterocycles. The van der Waals surface area contributed by atoms with E-state index >= 15 is 0 Å². The number of ether oxygens (including phenoxy) is 2. The Morgan fingerprint density at radius 1 is 1.00 bits per heavy atom. The number of rotatable bonds is 6. The second-order valence-corrected chi connectivity index (χ2v) is 6.71. The van der Waals surface area contributed by atoms with Gasteiger partial charge < -0.3 is 24.6 Å². The van der Waals surface area contributed by atoms with Gasteiger partial charge in [0, 0.05) is 44.0 Å². The molecule has 29 heavy (non-hydrogen) atoms. The number of carbonyl (C=O) groups excluding carboxylic acids is 2. The number of urea groups is 1. The molecule has 0 spiro atoms. The maximum Gasteiger partial charge on any atom is 0.338 e. The second-order valence-electron chi connectivity index (χ2n) is 6.71. The molecular formula is C22H27N3O4. The fraction of sp³-hybridized carbons (Fsp3) is 0.364. The summed E-state index contributed by atoms with van der Waals surface area (Å²) in [7, 11) is 1.62. The zero-order valence-electron chi connectivity index (χ0n) is 16.9. The third-order valence-corrected chi connectivity index (χ3v) is 4.93. The van der Waals surface area contributed by atoms with Crippen molar-refractivity contribution < 1.29 is 19.1 Å². The van der Waals surface area contributed by atoms with Crippen molar-refractivity contribution in [2.75, 3.05) is 44.8 Å². The highest BCUT2D eigenvalue weighted by Gasteiger charge is 2.21. The number of nitrogens with zero attached hydrogens (tertiary/aromatic N) is 2. The van der Waals surface area contributed by atoms with Gasteiger partial charge in [-0.05, 0) is 37.3 Å². The third kappa shape index (κ3) is 5.19. The van der Waals surface area contributed by atoms with Gasteiger partial charge in [-0.2, -0.15) is 0 Å². The summed E-state index contributed by atoms with van der Waals surface area (Å²) in [6.07, 6.45) is 0. The predicted octanol–water partition coefficient (Wildman–Crippen LogP) is 2.90. The Morgan fingerprint density at radius 2 is 1.69 bits per heavy atom. The molecule has 1 aliphatic heterocycles. The van der Waals surface area contributed by atoms with Crippen molar-refractivity contribution in [1.29, 1.82) is 0 Å². The number of piperazine rings is 1. The smallest absolute Gasteiger partial charge is 0.338 e. The van der Waals surface area contributed by atoms with Gasteiger partial charge in [-0.25, -0.2) is 9.59 Å². The summed E-state index contributed by atoms with van der Waals surface area (Å²) in [5.41, 5.74) is 2.53. The van der Waals surface area contributed by atoms with Crippen LogP contribution in [0, 0.1) is 0 Å². The highest BCUT2D eigenvalue weighted by Crippen LogP contribution is 2.19. The molecular weight excluding hydrogens is 370 g/mol. The Kier molecular flexibility index (Phi) is 6.94. The van der Waals surface area contributed by atoms with Crippen LogP contribution in [0.4, 0.5) is 10.5 Å². The summed E-state index contributed by atoms with van der Waals surface area (Å²) in [4.78, 5) is 28.3. The van der Waals surface area contributed by atoms with Gasteiger partial charge in [0.15, 0.2) is 0 Å². The highest BCUT2D eigenvalue weighted by atomic mass is 16.5. The minimum absolute atomic E-state index is 0.0757. The van der Waals surface area contributed by atoms with E-state index < -0.39 is 0 Å². The van der Waals surface area contributed by atoms with Gasteiger partial charge in [0.2, 0.25) is 0 Å². The van der Waals surface area contributed by atoms with E-state index in [0.717, 1.165) is 30.1 Å². The fourth-order valence-electron chi connectivity index (χ4n) is 3.32. The summed E-state index contributed by atoms with van der Waals surface area (Å²) in [6.45, 7) is 5.33. The van der Waals surface area contributed by atoms with Crippen LogP contribution in [-0.4, -0.2) is 56.8 Å². The van der Waals surface area contributed by atoms with Crippen LogP contribution in [0.3, 0.4) is 0 Å². The van der Waals surface area contributed by atoms with Crippen molar-refractivity contribution in [3.63, 3.8) is 0 Å². The van der Waals surface area contributed by atoms with Crippen LogP contribution in [0.15, 0.2) is 48.5 Å². The first-order chi connectivity index (χ1) is 14.1. The molecule has 154 valence electrons. The Labute approximate surface area is 171 Å². The molecule has 1 aliphatic rings. The van der Waals surface area contributed by atoms with E-state index in [1.54, 1.807) is 26.2 Å². The van der Waals surface area contributed by atoms with Crippen molar-refractivity contribution in [1.82, 2.24) is 10.2 Å². The lowest BCUT2D eigenvalue weighted by atomic mass is 10.2. The molecule has 2 amide bonds. The first-order valence-electron chi connectivity index (χ1n) is 9.79. The van der Waals surface area contributed by atoms with Crippen LogP contribution in [-0.2, 0) is 11.3 Å². The largest absolute Gasteiger partial charge is 0.496 e. The quantitative estimate of drug-likeness (QED) is 0.759. The van der Waals surface area contributed by atoms with Crippen LogP contribution in [0.5, 0.6) is 5.75 Å². The molecule has 0 aromatic heterocycles. The Balaban J connectivity index is 1.49. The lowest BCUT2D eigenvalue weighted by Crippen LogP contribution is -2.51. The van der Waals surface area contributed by atoms with Gasteiger partial charge in [-0.1, -0.05) is 18.2 Å². The molecule has 0 atom stereocenters. The zero-order valence-corrected chi connectivity index (χ0v) is 16.9. The van der Waals surface area contributed by atoms with E-state index in [4.69, 9.17) is 9.47 Å². The monoisotopic (exact) mass is 397 g/mol. The SMILES string of the molecule is CCOC(=O)c1ccc(N2CCN(C(=O)NCc3ccccc3OC)CC2)cc1. The Bertz CT molecular complexity index is 830. The van der Waals surface area contributed by atoms with Crippen LogP contribution < -0.4 is 15.0 Å². The van der Waals surface area contributed by atoms with Crippen molar-refractivity contribution in [3.8, 4) is 5.75 Å². The normalized spacial score (nSPS) is 13.7. The zero-order chi connectivity index (χ0) is 20.6. The molecule has 0 radical (unpaired) electrons. The third-order valence-electron chi connectivity index (χ3n) is 4.93. The average molecular weight is 397 g/mol. The highest BCUT2D eigenvalue weighted by molar-refractivity contribution is 5.89. The van der Waals surface area contributed by atoms with Crippen LogP contribution in [0.1, 0.15) is 22.8 Å². The lowest BCUT2D eigenvalue weighted by Gasteiger charge is -2.36. The van der Waals surface area contributed by atoms with Gasteiger partial charge >= 0.3 is 12.0 Å². The van der Waals surface area contributed by atoms with Gasteiger partial charge in [-0.3, -0.25) is 0 Å². The average Bonchev–Trinajstić information content (AvgIpc) is 2.78. The summed E-state index contributed by atoms with van der Waals surface area (Å²) < 4.78 is 10.3. The van der Waals surface area contributed by atoms with Crippen molar-refractivity contribution >= 4 is 17.7 Å². The molecule has 3 rings (SSSR count). The Hall–Kier alpha value is -3.22. The molecule has 0 aliphatic carbocycles. The van der Waals surface area contributed by atoms with E-state index in [1.165, 1.54) is 0 Å². The molecule has 1 saturated heterocycles. The summed E-state index contributed by atoms with van der Waals surface area (Å²) >= 11 is 0. The van der Waals surface area contributed by atoms with E-state index in [0.29, 0.717) is 31.8 Å². The Morgan fingerprint density at radius 3 is 2.34 bits per heavy atom. The number of hydrogen-bond donors (Lipinski definition) is 1. The first kappa shape index (κ1) is 20.5. The summed E-state index contributed by atoms with van der Waals surface area (Å²) in [6, 6.07) is 15.0.